The quantitative estimate of drug-likeness (QED) is 0.367. The summed E-state index contributed by atoms with van der Waals surface area (Å²) in [6.07, 6.45) is 0. The molecule has 0 aliphatic carbocycles. The molecule has 0 fully saturated rings. The van der Waals surface area contributed by atoms with Crippen LogP contribution in [0, 0.1) is 0 Å². The van der Waals surface area contributed by atoms with Crippen molar-refractivity contribution in [2.75, 3.05) is 0 Å². The van der Waals surface area contributed by atoms with Crippen LogP contribution in [0.25, 0.3) is 10.8 Å². The predicted octanol–water partition coefficient (Wildman–Crippen LogP) is 2.56. The minimum Gasteiger partial charge on any atom is -0.506 e. The van der Waals surface area contributed by atoms with Crippen molar-refractivity contribution in [3.05, 3.63) is 48.5 Å². The molecule has 3 rings (SSSR count). The Morgan fingerprint density at radius 3 is 2.07 bits per heavy atom. The van der Waals surface area contributed by atoms with Gasteiger partial charge in [0.1, 0.15) is 22.9 Å². The van der Waals surface area contributed by atoms with Gasteiger partial charge in [0.2, 0.25) is 10.0 Å². The lowest BCUT2D eigenvalue weighted by Gasteiger charge is -2.06. The van der Waals surface area contributed by atoms with Crippen molar-refractivity contribution < 1.29 is 31.6 Å². The first kappa shape index (κ1) is 19.7. The Morgan fingerprint density at radius 1 is 0.786 bits per heavy atom. The molecule has 28 heavy (non-hydrogen) atoms. The van der Waals surface area contributed by atoms with Gasteiger partial charge in [0, 0.05) is 5.39 Å². The van der Waals surface area contributed by atoms with Gasteiger partial charge in [-0.15, -0.1) is 10.2 Å². The van der Waals surface area contributed by atoms with E-state index in [1.165, 1.54) is 24.3 Å². The Morgan fingerprint density at radius 2 is 1.43 bits per heavy atom. The monoisotopic (exact) mass is 423 g/mol. The number of phenolic OH excluding ortho intramolecular Hbond substituents is 2. The highest BCUT2D eigenvalue weighted by molar-refractivity contribution is 7.89. The van der Waals surface area contributed by atoms with E-state index >= 15 is 0 Å². The molecule has 146 valence electrons. The first-order chi connectivity index (χ1) is 13.0. The van der Waals surface area contributed by atoms with Crippen LogP contribution in [0.4, 0.5) is 11.4 Å². The maximum atomic E-state index is 11.4. The van der Waals surface area contributed by atoms with Crippen molar-refractivity contribution in [3.63, 3.8) is 0 Å². The van der Waals surface area contributed by atoms with Crippen LogP contribution >= 0.6 is 0 Å². The summed E-state index contributed by atoms with van der Waals surface area (Å²) in [5.41, 5.74) is -0.266. The summed E-state index contributed by atoms with van der Waals surface area (Å²) in [5.74, 6) is -0.664. The van der Waals surface area contributed by atoms with Crippen LogP contribution in [0.1, 0.15) is 0 Å². The molecule has 0 spiro atoms. The zero-order chi connectivity index (χ0) is 20.7. The number of benzene rings is 3. The Labute approximate surface area is 159 Å². The smallest absolute Gasteiger partial charge is 0.294 e. The molecule has 0 aliphatic rings. The summed E-state index contributed by atoms with van der Waals surface area (Å²) >= 11 is 0. The highest BCUT2D eigenvalue weighted by atomic mass is 32.2. The van der Waals surface area contributed by atoms with Gasteiger partial charge in [0.25, 0.3) is 10.1 Å². The van der Waals surface area contributed by atoms with Gasteiger partial charge in [0.15, 0.2) is 0 Å². The van der Waals surface area contributed by atoms with Gasteiger partial charge >= 0.3 is 0 Å². The summed E-state index contributed by atoms with van der Waals surface area (Å²) in [4.78, 5) is -0.633. The van der Waals surface area contributed by atoms with E-state index in [1.54, 1.807) is 0 Å². The number of phenols is 2. The number of hydrogen-bond donors (Lipinski definition) is 4. The molecule has 0 amide bonds. The standard InChI is InChI=1S/C16H13N3O7S2/c17-27(22,23)10-3-6-14(20)13(8-10)18-19-16-12-4-2-11(28(24,25)26)7-9(12)1-5-15(16)21/h1-8,20-21H,(H2,17,22,23)(H,24,25,26). The minimum atomic E-state index is -4.42. The van der Waals surface area contributed by atoms with Crippen LogP contribution in [0.2, 0.25) is 0 Å². The summed E-state index contributed by atoms with van der Waals surface area (Å²) in [6.45, 7) is 0. The van der Waals surface area contributed by atoms with Crippen molar-refractivity contribution in [2.45, 2.75) is 9.79 Å². The third-order valence-corrected chi connectivity index (χ3v) is 5.53. The normalized spacial score (nSPS) is 12.6. The Bertz CT molecular complexity index is 1330. The predicted molar refractivity (Wildman–Crippen MR) is 99.1 cm³/mol. The molecule has 0 unspecified atom stereocenters. The number of azo groups is 1. The fourth-order valence-electron chi connectivity index (χ4n) is 2.41. The lowest BCUT2D eigenvalue weighted by atomic mass is 10.1. The summed E-state index contributed by atoms with van der Waals surface area (Å²) in [6, 6.07) is 9.45. The van der Waals surface area contributed by atoms with E-state index in [-0.39, 0.29) is 32.7 Å². The number of nitrogens with zero attached hydrogens (tertiary/aromatic N) is 2. The molecule has 5 N–H and O–H groups in total. The molecule has 0 heterocycles. The second kappa shape index (κ2) is 6.83. The number of primary sulfonamides is 1. The topological polar surface area (TPSA) is 180 Å². The van der Waals surface area contributed by atoms with E-state index in [4.69, 9.17) is 9.69 Å². The fraction of sp³-hybridized carbons (Fsp3) is 0. The van der Waals surface area contributed by atoms with E-state index < -0.39 is 20.1 Å². The molecule has 0 saturated carbocycles. The van der Waals surface area contributed by atoms with Crippen molar-refractivity contribution >= 4 is 42.3 Å². The third kappa shape index (κ3) is 3.94. The van der Waals surface area contributed by atoms with Crippen LogP contribution in [0.15, 0.2) is 68.6 Å². The van der Waals surface area contributed by atoms with Crippen molar-refractivity contribution in [1.82, 2.24) is 0 Å². The van der Waals surface area contributed by atoms with Gasteiger partial charge in [-0.3, -0.25) is 4.55 Å². The second-order valence-electron chi connectivity index (χ2n) is 5.69. The zero-order valence-corrected chi connectivity index (χ0v) is 15.5. The lowest BCUT2D eigenvalue weighted by Crippen LogP contribution is -2.11. The molecule has 3 aromatic carbocycles. The van der Waals surface area contributed by atoms with Gasteiger partial charge in [0.05, 0.1) is 9.79 Å². The molecule has 3 aromatic rings. The van der Waals surface area contributed by atoms with E-state index in [0.29, 0.717) is 10.8 Å². The Balaban J connectivity index is 2.13. The van der Waals surface area contributed by atoms with Crippen LogP contribution in [0.3, 0.4) is 0 Å². The van der Waals surface area contributed by atoms with Gasteiger partial charge in [-0.05, 0) is 41.8 Å². The van der Waals surface area contributed by atoms with E-state index in [2.05, 4.69) is 10.2 Å². The Hall–Kier alpha value is -3.06. The second-order valence-corrected chi connectivity index (χ2v) is 8.67. The first-order valence-corrected chi connectivity index (χ1v) is 10.5. The first-order valence-electron chi connectivity index (χ1n) is 7.47. The van der Waals surface area contributed by atoms with Crippen LogP contribution in [0.5, 0.6) is 11.5 Å². The molecule has 0 atom stereocenters. The van der Waals surface area contributed by atoms with Crippen molar-refractivity contribution in [1.29, 1.82) is 0 Å². The number of fused-ring (bicyclic) bond motifs is 1. The van der Waals surface area contributed by atoms with E-state index in [1.807, 2.05) is 0 Å². The minimum absolute atomic E-state index is 0.0557. The molecular formula is C16H13N3O7S2. The van der Waals surface area contributed by atoms with Gasteiger partial charge < -0.3 is 10.2 Å². The summed E-state index contributed by atoms with van der Waals surface area (Å²) in [7, 11) is -8.44. The number of nitrogens with two attached hydrogens (primary N) is 1. The SMILES string of the molecule is NS(=O)(=O)c1ccc(O)c(N=Nc2c(O)ccc3cc(S(=O)(=O)O)ccc23)c1. The highest BCUT2D eigenvalue weighted by Crippen LogP contribution is 2.38. The van der Waals surface area contributed by atoms with Crippen LogP contribution in [-0.4, -0.2) is 31.6 Å². The largest absolute Gasteiger partial charge is 0.506 e. The molecule has 0 aromatic heterocycles. The number of aromatic hydroxyl groups is 2. The zero-order valence-electron chi connectivity index (χ0n) is 13.9. The van der Waals surface area contributed by atoms with Gasteiger partial charge in [-0.1, -0.05) is 12.1 Å². The maximum Gasteiger partial charge on any atom is 0.294 e. The fourth-order valence-corrected chi connectivity index (χ4v) is 3.46. The summed E-state index contributed by atoms with van der Waals surface area (Å²) < 4.78 is 54.5. The number of hydrogen-bond acceptors (Lipinski definition) is 8. The number of rotatable bonds is 4. The van der Waals surface area contributed by atoms with Gasteiger partial charge in [-0.25, -0.2) is 13.6 Å². The Kier molecular flexibility index (Phi) is 4.81. The molecule has 10 nitrogen and oxygen atoms in total. The highest BCUT2D eigenvalue weighted by Gasteiger charge is 2.14. The van der Waals surface area contributed by atoms with E-state index in [0.717, 1.165) is 24.3 Å². The maximum absolute atomic E-state index is 11.4. The van der Waals surface area contributed by atoms with Crippen molar-refractivity contribution in [3.8, 4) is 11.5 Å². The average Bonchev–Trinajstić information content (AvgIpc) is 2.60. The third-order valence-electron chi connectivity index (χ3n) is 3.77. The van der Waals surface area contributed by atoms with Crippen molar-refractivity contribution in [2.24, 2.45) is 15.4 Å². The van der Waals surface area contributed by atoms with Crippen LogP contribution in [-0.2, 0) is 20.1 Å². The average molecular weight is 423 g/mol. The lowest BCUT2D eigenvalue weighted by molar-refractivity contribution is 0.474. The molecule has 0 bridgehead atoms. The van der Waals surface area contributed by atoms with Crippen LogP contribution < -0.4 is 5.14 Å². The molecule has 12 heteroatoms. The summed E-state index contributed by atoms with van der Waals surface area (Å²) in [5, 5.41) is 33.2. The molecule has 0 aliphatic heterocycles. The molecular weight excluding hydrogens is 410 g/mol. The van der Waals surface area contributed by atoms with E-state index in [9.17, 15) is 27.0 Å². The number of sulfonamides is 1. The van der Waals surface area contributed by atoms with Gasteiger partial charge in [-0.2, -0.15) is 8.42 Å². The molecule has 0 radical (unpaired) electrons. The molecule has 0 saturated heterocycles.